The Hall–Kier alpha value is -2.00. The molecule has 12 heteroatoms. The number of hydrogen-bond donors (Lipinski definition) is 2. The van der Waals surface area contributed by atoms with Gasteiger partial charge in [-0.2, -0.15) is 44.8 Å². The van der Waals surface area contributed by atoms with Crippen molar-refractivity contribution in [2.75, 3.05) is 0 Å². The Balaban J connectivity index is 2.47. The lowest BCUT2D eigenvalue weighted by molar-refractivity contribution is -0.213. The summed E-state index contributed by atoms with van der Waals surface area (Å²) in [5.74, 6) is -1.80. The van der Waals surface area contributed by atoms with Gasteiger partial charge in [0.05, 0.1) is 17.2 Å². The van der Waals surface area contributed by atoms with E-state index in [1.807, 2.05) is 0 Å². The lowest BCUT2D eigenvalue weighted by atomic mass is 9.87. The Morgan fingerprint density at radius 2 is 1.67 bits per heavy atom. The zero-order chi connectivity index (χ0) is 20.8. The van der Waals surface area contributed by atoms with Crippen molar-refractivity contribution in [3.8, 4) is 6.07 Å². The number of halogens is 9. The third kappa shape index (κ3) is 4.47. The second kappa shape index (κ2) is 6.87. The van der Waals surface area contributed by atoms with E-state index in [9.17, 15) is 44.6 Å². The van der Waals surface area contributed by atoms with Crippen molar-refractivity contribution in [1.82, 2.24) is 5.32 Å². The lowest BCUT2D eigenvalue weighted by Crippen LogP contribution is -2.50. The van der Waals surface area contributed by atoms with Crippen molar-refractivity contribution in [3.63, 3.8) is 0 Å². The van der Waals surface area contributed by atoms with Gasteiger partial charge in [-0.15, -0.1) is 0 Å². The highest BCUT2D eigenvalue weighted by molar-refractivity contribution is 5.43. The number of rotatable bonds is 2. The van der Waals surface area contributed by atoms with Crippen LogP contribution in [0.2, 0.25) is 0 Å². The van der Waals surface area contributed by atoms with Crippen LogP contribution in [0.4, 0.5) is 39.5 Å². The molecule has 27 heavy (non-hydrogen) atoms. The standard InChI is InChI=1S/C15H11F9N2O/c16-13(17,18)9-3-6(1-2-7(9)5-25)8-4-10(12(27)15(22,23)24)26-11(8)14(19,20)21/h1-3,8,10-12,26-27H,4H2. The van der Waals surface area contributed by atoms with E-state index in [2.05, 4.69) is 0 Å². The molecule has 1 aliphatic rings. The average Bonchev–Trinajstić information content (AvgIpc) is 2.97. The van der Waals surface area contributed by atoms with Crippen molar-refractivity contribution in [3.05, 3.63) is 34.9 Å². The molecule has 1 aromatic rings. The quantitative estimate of drug-likeness (QED) is 0.734. The van der Waals surface area contributed by atoms with Crippen LogP contribution >= 0.6 is 0 Å². The average molecular weight is 406 g/mol. The third-order valence-corrected chi connectivity index (χ3v) is 4.27. The van der Waals surface area contributed by atoms with Gasteiger partial charge < -0.3 is 5.11 Å². The molecule has 0 spiro atoms. The summed E-state index contributed by atoms with van der Waals surface area (Å²) in [5, 5.41) is 19.6. The topological polar surface area (TPSA) is 56.0 Å². The van der Waals surface area contributed by atoms with Crippen molar-refractivity contribution in [1.29, 1.82) is 5.26 Å². The largest absolute Gasteiger partial charge is 0.417 e. The Kier molecular flexibility index (Phi) is 5.42. The zero-order valence-corrected chi connectivity index (χ0v) is 13.0. The van der Waals surface area contributed by atoms with Crippen LogP contribution in [0.25, 0.3) is 0 Å². The first kappa shape index (κ1) is 21.3. The Labute approximate surface area is 146 Å². The molecule has 1 aromatic carbocycles. The molecular weight excluding hydrogens is 395 g/mol. The number of hydrogen-bond acceptors (Lipinski definition) is 3. The summed E-state index contributed by atoms with van der Waals surface area (Å²) in [6, 6.07) is -1.55. The highest BCUT2D eigenvalue weighted by atomic mass is 19.4. The summed E-state index contributed by atoms with van der Waals surface area (Å²) in [7, 11) is 0. The summed E-state index contributed by atoms with van der Waals surface area (Å²) < 4.78 is 117. The molecular formula is C15H11F9N2O. The van der Waals surface area contributed by atoms with Crippen molar-refractivity contribution >= 4 is 0 Å². The van der Waals surface area contributed by atoms with E-state index >= 15 is 0 Å². The molecule has 4 unspecified atom stereocenters. The van der Waals surface area contributed by atoms with Gasteiger partial charge in [0, 0.05) is 12.0 Å². The molecule has 0 saturated carbocycles. The summed E-state index contributed by atoms with van der Waals surface area (Å²) in [6.07, 6.45) is -19.3. The van der Waals surface area contributed by atoms with Crippen LogP contribution in [0.15, 0.2) is 18.2 Å². The smallest absolute Gasteiger partial charge is 0.382 e. The van der Waals surface area contributed by atoms with Crippen molar-refractivity contribution in [2.24, 2.45) is 0 Å². The number of nitrogens with one attached hydrogen (secondary N) is 1. The van der Waals surface area contributed by atoms with E-state index in [1.165, 1.54) is 6.07 Å². The fourth-order valence-electron chi connectivity index (χ4n) is 3.05. The van der Waals surface area contributed by atoms with Gasteiger partial charge in [0.25, 0.3) is 0 Å². The summed E-state index contributed by atoms with van der Waals surface area (Å²) in [6.45, 7) is 0. The normalized spacial score (nSPS) is 25.3. The first-order valence-corrected chi connectivity index (χ1v) is 7.35. The fourth-order valence-corrected chi connectivity index (χ4v) is 3.05. The Morgan fingerprint density at radius 3 is 2.11 bits per heavy atom. The maximum atomic E-state index is 13.2. The maximum absolute atomic E-state index is 13.2. The van der Waals surface area contributed by atoms with Crippen LogP contribution in [-0.2, 0) is 6.18 Å². The van der Waals surface area contributed by atoms with Gasteiger partial charge in [0.15, 0.2) is 6.10 Å². The predicted octanol–water partition coefficient (Wildman–Crippen LogP) is 3.88. The molecule has 0 aliphatic carbocycles. The first-order valence-electron chi connectivity index (χ1n) is 7.35. The van der Waals surface area contributed by atoms with E-state index in [1.54, 1.807) is 5.32 Å². The molecule has 4 atom stereocenters. The molecule has 3 nitrogen and oxygen atoms in total. The van der Waals surface area contributed by atoms with Gasteiger partial charge in [0.2, 0.25) is 0 Å². The minimum atomic E-state index is -5.20. The number of aliphatic hydroxyl groups excluding tert-OH is 1. The van der Waals surface area contributed by atoms with E-state index in [0.29, 0.717) is 12.1 Å². The summed E-state index contributed by atoms with van der Waals surface area (Å²) >= 11 is 0. The molecule has 1 fully saturated rings. The predicted molar refractivity (Wildman–Crippen MR) is 72.3 cm³/mol. The van der Waals surface area contributed by atoms with Crippen LogP contribution in [0.3, 0.4) is 0 Å². The van der Waals surface area contributed by atoms with Crippen LogP contribution in [-0.4, -0.2) is 35.6 Å². The molecule has 2 N–H and O–H groups in total. The number of aliphatic hydroxyl groups is 1. The number of nitriles is 1. The molecule has 0 aromatic heterocycles. The molecule has 1 saturated heterocycles. The van der Waals surface area contributed by atoms with Crippen molar-refractivity contribution in [2.45, 2.75) is 49.1 Å². The summed E-state index contributed by atoms with van der Waals surface area (Å²) in [4.78, 5) is 0. The van der Waals surface area contributed by atoms with Crippen LogP contribution < -0.4 is 5.32 Å². The second-order valence-electron chi connectivity index (χ2n) is 6.04. The summed E-state index contributed by atoms with van der Waals surface area (Å²) in [5.41, 5.74) is -2.84. The van der Waals surface area contributed by atoms with E-state index in [0.717, 1.165) is 6.07 Å². The number of nitrogens with zero attached hydrogens (tertiary/aromatic N) is 1. The Morgan fingerprint density at radius 1 is 1.07 bits per heavy atom. The second-order valence-corrected chi connectivity index (χ2v) is 6.04. The van der Waals surface area contributed by atoms with Crippen LogP contribution in [0.1, 0.15) is 29.0 Å². The molecule has 2 rings (SSSR count). The van der Waals surface area contributed by atoms with E-state index in [-0.39, 0.29) is 0 Å². The van der Waals surface area contributed by atoms with E-state index < -0.39 is 65.7 Å². The van der Waals surface area contributed by atoms with Gasteiger partial charge in [0.1, 0.15) is 6.04 Å². The molecule has 0 radical (unpaired) electrons. The molecule has 150 valence electrons. The number of alkyl halides is 9. The monoisotopic (exact) mass is 406 g/mol. The molecule has 0 amide bonds. The van der Waals surface area contributed by atoms with Gasteiger partial charge >= 0.3 is 18.5 Å². The zero-order valence-electron chi connectivity index (χ0n) is 13.0. The van der Waals surface area contributed by atoms with Gasteiger partial charge in [-0.1, -0.05) is 6.07 Å². The minimum absolute atomic E-state index is 0.325. The van der Waals surface area contributed by atoms with Gasteiger partial charge in [-0.05, 0) is 24.1 Å². The van der Waals surface area contributed by atoms with E-state index in [4.69, 9.17) is 5.26 Å². The number of benzene rings is 1. The highest BCUT2D eigenvalue weighted by Gasteiger charge is 2.55. The van der Waals surface area contributed by atoms with Gasteiger partial charge in [-0.25, -0.2) is 0 Å². The first-order chi connectivity index (χ1) is 12.2. The molecule has 0 bridgehead atoms. The van der Waals surface area contributed by atoms with Crippen molar-refractivity contribution < 1.29 is 44.6 Å². The fraction of sp³-hybridized carbons (Fsp3) is 0.533. The molecule has 1 aliphatic heterocycles. The molecule has 1 heterocycles. The van der Waals surface area contributed by atoms with Crippen LogP contribution in [0.5, 0.6) is 0 Å². The minimum Gasteiger partial charge on any atom is -0.382 e. The third-order valence-electron chi connectivity index (χ3n) is 4.27. The highest BCUT2D eigenvalue weighted by Crippen LogP contribution is 2.43. The van der Waals surface area contributed by atoms with Crippen LogP contribution in [0, 0.1) is 11.3 Å². The maximum Gasteiger partial charge on any atom is 0.417 e. The SMILES string of the molecule is N#Cc1ccc(C2CC(C(O)C(F)(F)F)NC2C(F)(F)F)cc1C(F)(F)F. The Bertz CT molecular complexity index is 733. The lowest BCUT2D eigenvalue weighted by Gasteiger charge is -2.24. The van der Waals surface area contributed by atoms with Gasteiger partial charge in [-0.3, -0.25) is 5.32 Å².